The molecule has 2 nitrogen and oxygen atoms in total. The van der Waals surface area contributed by atoms with Crippen molar-refractivity contribution in [1.29, 1.82) is 0 Å². The Balaban J connectivity index is 1.20. The molecule has 0 saturated heterocycles. The SMILES string of the molecule is c1ccc(-c2ccc(-n3c4ccccc4c4cccc(-c5ccc6c(c5)c5ccccc5n6-c5ccc6ccccc6c5)c43)cc2)cc1. The van der Waals surface area contributed by atoms with Crippen LogP contribution in [0, 0.1) is 0 Å². The Labute approximate surface area is 278 Å². The zero-order chi connectivity index (χ0) is 31.6. The van der Waals surface area contributed by atoms with Crippen LogP contribution < -0.4 is 0 Å². The smallest absolute Gasteiger partial charge is 0.0619 e. The van der Waals surface area contributed by atoms with E-state index in [9.17, 15) is 0 Å². The Hall–Kier alpha value is -6.38. The van der Waals surface area contributed by atoms with Crippen molar-refractivity contribution in [2.75, 3.05) is 0 Å². The molecule has 0 fully saturated rings. The summed E-state index contributed by atoms with van der Waals surface area (Å²) in [7, 11) is 0. The molecule has 0 bridgehead atoms. The number of hydrogen-bond acceptors (Lipinski definition) is 0. The first kappa shape index (κ1) is 26.8. The van der Waals surface area contributed by atoms with Gasteiger partial charge in [0.1, 0.15) is 0 Å². The third-order valence-corrected chi connectivity index (χ3v) is 9.90. The zero-order valence-electron chi connectivity index (χ0n) is 26.2. The molecule has 224 valence electrons. The van der Waals surface area contributed by atoms with Crippen LogP contribution in [0.25, 0.3) is 88.0 Å². The number of benzene rings is 8. The van der Waals surface area contributed by atoms with E-state index in [4.69, 9.17) is 0 Å². The maximum absolute atomic E-state index is 2.44. The average molecular weight is 611 g/mol. The number of hydrogen-bond donors (Lipinski definition) is 0. The number of aromatic nitrogens is 2. The summed E-state index contributed by atoms with van der Waals surface area (Å²) in [6, 6.07) is 66.2. The third-order valence-electron chi connectivity index (χ3n) is 9.90. The van der Waals surface area contributed by atoms with Gasteiger partial charge in [-0.2, -0.15) is 0 Å². The van der Waals surface area contributed by atoms with E-state index in [1.54, 1.807) is 0 Å². The lowest BCUT2D eigenvalue weighted by molar-refractivity contribution is 1.18. The Morgan fingerprint density at radius 3 is 1.69 bits per heavy atom. The highest BCUT2D eigenvalue weighted by Gasteiger charge is 2.18. The lowest BCUT2D eigenvalue weighted by atomic mass is 9.99. The molecule has 2 aromatic heterocycles. The highest BCUT2D eigenvalue weighted by Crippen LogP contribution is 2.41. The van der Waals surface area contributed by atoms with Crippen LogP contribution in [-0.2, 0) is 0 Å². The number of nitrogens with zero attached hydrogens (tertiary/aromatic N) is 2. The molecule has 0 amide bonds. The summed E-state index contributed by atoms with van der Waals surface area (Å²) in [6.07, 6.45) is 0. The van der Waals surface area contributed by atoms with Crippen LogP contribution >= 0.6 is 0 Å². The van der Waals surface area contributed by atoms with Crippen molar-refractivity contribution in [3.8, 4) is 33.6 Å². The van der Waals surface area contributed by atoms with Gasteiger partial charge in [-0.05, 0) is 76.0 Å². The van der Waals surface area contributed by atoms with Crippen molar-refractivity contribution in [1.82, 2.24) is 9.13 Å². The molecule has 0 atom stereocenters. The Bertz CT molecular complexity index is 2820. The van der Waals surface area contributed by atoms with Gasteiger partial charge in [-0.15, -0.1) is 0 Å². The predicted octanol–water partition coefficient (Wildman–Crippen LogP) is 12.4. The maximum Gasteiger partial charge on any atom is 0.0619 e. The van der Waals surface area contributed by atoms with Crippen LogP contribution in [0.3, 0.4) is 0 Å². The van der Waals surface area contributed by atoms with Gasteiger partial charge >= 0.3 is 0 Å². The molecule has 0 aliphatic rings. The van der Waals surface area contributed by atoms with Crippen LogP contribution in [0.1, 0.15) is 0 Å². The number of fused-ring (bicyclic) bond motifs is 7. The summed E-state index contributed by atoms with van der Waals surface area (Å²) >= 11 is 0. The van der Waals surface area contributed by atoms with E-state index < -0.39 is 0 Å². The normalized spacial score (nSPS) is 11.8. The van der Waals surface area contributed by atoms with Gasteiger partial charge in [0.2, 0.25) is 0 Å². The minimum atomic E-state index is 1.15. The highest BCUT2D eigenvalue weighted by atomic mass is 15.0. The fourth-order valence-corrected chi connectivity index (χ4v) is 7.69. The lowest BCUT2D eigenvalue weighted by Crippen LogP contribution is -1.96. The molecule has 0 saturated carbocycles. The molecule has 0 spiro atoms. The maximum atomic E-state index is 2.44. The molecule has 0 aliphatic carbocycles. The molecule has 0 radical (unpaired) electrons. The van der Waals surface area contributed by atoms with E-state index in [-0.39, 0.29) is 0 Å². The lowest BCUT2D eigenvalue weighted by Gasteiger charge is -2.13. The van der Waals surface area contributed by atoms with E-state index in [1.165, 1.54) is 82.3 Å². The van der Waals surface area contributed by atoms with Crippen LogP contribution in [0.2, 0.25) is 0 Å². The molecule has 8 aromatic carbocycles. The first-order valence-electron chi connectivity index (χ1n) is 16.5. The minimum Gasteiger partial charge on any atom is -0.309 e. The molecular weight excluding hydrogens is 581 g/mol. The van der Waals surface area contributed by atoms with Gasteiger partial charge in [0.25, 0.3) is 0 Å². The first-order valence-corrected chi connectivity index (χ1v) is 16.5. The summed E-state index contributed by atoms with van der Waals surface area (Å²) in [5, 5.41) is 7.52. The van der Waals surface area contributed by atoms with Crippen LogP contribution in [0.4, 0.5) is 0 Å². The number of rotatable bonds is 4. The zero-order valence-corrected chi connectivity index (χ0v) is 26.2. The second-order valence-electron chi connectivity index (χ2n) is 12.6. The van der Waals surface area contributed by atoms with E-state index in [1.807, 2.05) is 0 Å². The fourth-order valence-electron chi connectivity index (χ4n) is 7.69. The van der Waals surface area contributed by atoms with Crippen molar-refractivity contribution in [2.45, 2.75) is 0 Å². The van der Waals surface area contributed by atoms with Crippen molar-refractivity contribution in [3.63, 3.8) is 0 Å². The highest BCUT2D eigenvalue weighted by molar-refractivity contribution is 6.15. The van der Waals surface area contributed by atoms with E-state index in [0.717, 1.165) is 5.69 Å². The Kier molecular flexibility index (Phi) is 5.91. The van der Waals surface area contributed by atoms with Gasteiger partial charge in [0, 0.05) is 38.5 Å². The van der Waals surface area contributed by atoms with Gasteiger partial charge in [-0.25, -0.2) is 0 Å². The van der Waals surface area contributed by atoms with Crippen molar-refractivity contribution < 1.29 is 0 Å². The summed E-state index contributed by atoms with van der Waals surface area (Å²) in [5.41, 5.74) is 12.1. The molecule has 0 N–H and O–H groups in total. The van der Waals surface area contributed by atoms with Crippen molar-refractivity contribution >= 4 is 54.4 Å². The molecule has 0 aliphatic heterocycles. The molecule has 2 heterocycles. The van der Waals surface area contributed by atoms with Gasteiger partial charge in [0.15, 0.2) is 0 Å². The van der Waals surface area contributed by atoms with Gasteiger partial charge in [-0.1, -0.05) is 133 Å². The van der Waals surface area contributed by atoms with Gasteiger partial charge in [-0.3, -0.25) is 0 Å². The van der Waals surface area contributed by atoms with Crippen molar-refractivity contribution in [2.24, 2.45) is 0 Å². The monoisotopic (exact) mass is 610 g/mol. The van der Waals surface area contributed by atoms with Crippen LogP contribution in [0.5, 0.6) is 0 Å². The average Bonchev–Trinajstić information content (AvgIpc) is 3.68. The van der Waals surface area contributed by atoms with E-state index >= 15 is 0 Å². The second-order valence-corrected chi connectivity index (χ2v) is 12.6. The van der Waals surface area contributed by atoms with Crippen LogP contribution in [-0.4, -0.2) is 9.13 Å². The summed E-state index contributed by atoms with van der Waals surface area (Å²) < 4.78 is 4.85. The molecular formula is C46H30N2. The second kappa shape index (κ2) is 10.6. The molecule has 48 heavy (non-hydrogen) atoms. The van der Waals surface area contributed by atoms with Gasteiger partial charge in [0.05, 0.1) is 22.1 Å². The first-order chi connectivity index (χ1) is 23.8. The largest absolute Gasteiger partial charge is 0.309 e. The molecule has 0 unspecified atom stereocenters. The Morgan fingerprint density at radius 2 is 0.875 bits per heavy atom. The molecule has 10 rings (SSSR count). The van der Waals surface area contributed by atoms with Crippen LogP contribution in [0.15, 0.2) is 182 Å². The Morgan fingerprint density at radius 1 is 0.292 bits per heavy atom. The summed E-state index contributed by atoms with van der Waals surface area (Å²) in [6.45, 7) is 0. The minimum absolute atomic E-state index is 1.15. The van der Waals surface area contributed by atoms with Gasteiger partial charge < -0.3 is 9.13 Å². The van der Waals surface area contributed by atoms with E-state index in [0.29, 0.717) is 0 Å². The summed E-state index contributed by atoms with van der Waals surface area (Å²) in [4.78, 5) is 0. The number of para-hydroxylation sites is 3. The standard InChI is InChI=1S/C46H30N2/c1-2-11-31(12-3-1)33-21-25-36(26-22-33)48-44-20-9-6-15-39(44)41-18-10-17-38(46(41)48)35-24-28-45-42(30-35)40-16-7-8-19-43(40)47(45)37-27-23-32-13-4-5-14-34(32)29-37/h1-30H. The molecule has 2 heteroatoms. The molecule has 10 aromatic rings. The summed E-state index contributed by atoms with van der Waals surface area (Å²) in [5.74, 6) is 0. The topological polar surface area (TPSA) is 9.86 Å². The predicted molar refractivity (Wildman–Crippen MR) is 203 cm³/mol. The quantitative estimate of drug-likeness (QED) is 0.188. The third kappa shape index (κ3) is 4.06. The van der Waals surface area contributed by atoms with E-state index in [2.05, 4.69) is 191 Å². The fraction of sp³-hybridized carbons (Fsp3) is 0. The van der Waals surface area contributed by atoms with Crippen molar-refractivity contribution in [3.05, 3.63) is 182 Å².